The Kier molecular flexibility index (Phi) is 12.6. The topological polar surface area (TPSA) is 26.3 Å². The Bertz CT molecular complexity index is 1380. The molecule has 0 saturated heterocycles. The standard InChI is InChI=1S/C22H12F30O2/c1-4-6(54-8(53)5(2)3)7(10(25,26)12(29,30)14(33,34)17(39,40)19(43,44)21(47,48)49)9(23,24)11(27,28)13(31,32)15(35,36)16(37,38)18(41,42)20(45,46)22(50,51)52/h6-7H,2,4H2,1,3H3. The van der Waals surface area contributed by atoms with Crippen molar-refractivity contribution < 1.29 is 141 Å². The lowest BCUT2D eigenvalue weighted by molar-refractivity contribution is -0.473. The Labute approximate surface area is 276 Å². The Morgan fingerprint density at radius 1 is 0.426 bits per heavy atom. The fraction of sp³-hybridized carbons (Fsp3) is 0.864. The minimum atomic E-state index is -9.70. The van der Waals surface area contributed by atoms with Gasteiger partial charge < -0.3 is 4.74 Å². The maximum Gasteiger partial charge on any atom is 0.460 e. The van der Waals surface area contributed by atoms with Crippen LogP contribution in [0.25, 0.3) is 0 Å². The molecule has 0 aromatic heterocycles. The molecule has 0 fully saturated rings. The van der Waals surface area contributed by atoms with E-state index >= 15 is 17.6 Å². The first kappa shape index (κ1) is 51.1. The zero-order chi connectivity index (χ0) is 44.7. The van der Waals surface area contributed by atoms with Crippen molar-refractivity contribution in [2.75, 3.05) is 0 Å². The number of carbonyl (C=O) groups is 1. The molecule has 2 unspecified atom stereocenters. The van der Waals surface area contributed by atoms with Gasteiger partial charge in [-0.2, -0.15) is 132 Å². The van der Waals surface area contributed by atoms with Gasteiger partial charge in [0.25, 0.3) is 0 Å². The molecule has 54 heavy (non-hydrogen) atoms. The summed E-state index contributed by atoms with van der Waals surface area (Å²) in [6, 6.07) is 0. The number of hydrogen-bond donors (Lipinski definition) is 0. The first-order chi connectivity index (χ1) is 22.9. The summed E-state index contributed by atoms with van der Waals surface area (Å²) in [5.41, 5.74) is -1.51. The van der Waals surface area contributed by atoms with E-state index < -0.39 is 113 Å². The van der Waals surface area contributed by atoms with Gasteiger partial charge in [-0.25, -0.2) is 4.79 Å². The average molecular weight is 878 g/mol. The van der Waals surface area contributed by atoms with E-state index in [0.717, 1.165) is 0 Å². The number of esters is 1. The van der Waals surface area contributed by atoms with Crippen LogP contribution in [0.15, 0.2) is 12.2 Å². The van der Waals surface area contributed by atoms with E-state index in [0.29, 0.717) is 0 Å². The van der Waals surface area contributed by atoms with Crippen LogP contribution in [-0.4, -0.2) is 95.5 Å². The van der Waals surface area contributed by atoms with Crippen LogP contribution >= 0.6 is 0 Å². The highest BCUT2D eigenvalue weighted by Gasteiger charge is 2.98. The van der Waals surface area contributed by atoms with Crippen LogP contribution in [0.3, 0.4) is 0 Å². The SMILES string of the molecule is C=C(C)C(=O)OC(CC)C(C(F)(F)C(F)(F)C(F)(F)C(F)(F)C(F)(F)C(F)(F)F)C(F)(F)C(F)(F)C(F)(F)C(F)(F)C(F)(F)C(F)(F)C(F)(F)C(F)(F)F. The lowest BCUT2D eigenvalue weighted by Crippen LogP contribution is -2.77. The molecule has 2 nitrogen and oxygen atoms in total. The van der Waals surface area contributed by atoms with Gasteiger partial charge in [-0.15, -0.1) is 0 Å². The second-order valence-corrected chi connectivity index (χ2v) is 10.6. The Balaban J connectivity index is 8.38. The van der Waals surface area contributed by atoms with Crippen molar-refractivity contribution in [2.45, 2.75) is 110 Å². The molecule has 0 spiro atoms. The minimum Gasteiger partial charge on any atom is -0.458 e. The van der Waals surface area contributed by atoms with Crippen LogP contribution in [0.2, 0.25) is 0 Å². The Morgan fingerprint density at radius 3 is 0.815 bits per heavy atom. The van der Waals surface area contributed by atoms with Crippen LogP contribution in [0.5, 0.6) is 0 Å². The van der Waals surface area contributed by atoms with E-state index in [1.807, 2.05) is 0 Å². The molecule has 0 aliphatic heterocycles. The van der Waals surface area contributed by atoms with E-state index in [-0.39, 0.29) is 13.8 Å². The minimum absolute atomic E-state index is 0.186. The summed E-state index contributed by atoms with van der Waals surface area (Å²) in [4.78, 5) is 11.6. The van der Waals surface area contributed by atoms with Crippen molar-refractivity contribution in [3.05, 3.63) is 12.2 Å². The van der Waals surface area contributed by atoms with Crippen molar-refractivity contribution >= 4 is 5.97 Å². The second kappa shape index (κ2) is 13.4. The molecule has 322 valence electrons. The molecule has 0 amide bonds. The Hall–Kier alpha value is -2.89. The summed E-state index contributed by atoms with van der Waals surface area (Å²) >= 11 is 0. The third kappa shape index (κ3) is 6.61. The molecule has 0 saturated carbocycles. The molecule has 0 rings (SSSR count). The molecule has 0 aliphatic carbocycles. The van der Waals surface area contributed by atoms with Crippen LogP contribution < -0.4 is 0 Å². The van der Waals surface area contributed by atoms with Gasteiger partial charge in [0.05, 0.1) is 0 Å². The van der Waals surface area contributed by atoms with Crippen molar-refractivity contribution in [3.63, 3.8) is 0 Å². The molecule has 0 heterocycles. The predicted molar refractivity (Wildman–Crippen MR) is 110 cm³/mol. The van der Waals surface area contributed by atoms with Crippen molar-refractivity contribution in [1.29, 1.82) is 0 Å². The van der Waals surface area contributed by atoms with Gasteiger partial charge in [0.15, 0.2) is 0 Å². The van der Waals surface area contributed by atoms with E-state index in [9.17, 15) is 119 Å². The van der Waals surface area contributed by atoms with Gasteiger partial charge >= 0.3 is 89.4 Å². The highest BCUT2D eigenvalue weighted by atomic mass is 19.4. The summed E-state index contributed by atoms with van der Waals surface area (Å²) in [6.07, 6.45) is -24.1. The summed E-state index contributed by atoms with van der Waals surface area (Å²) in [5.74, 6) is -121. The average Bonchev–Trinajstić information content (AvgIpc) is 2.93. The largest absolute Gasteiger partial charge is 0.460 e. The number of hydrogen-bond acceptors (Lipinski definition) is 2. The number of ether oxygens (including phenoxy) is 1. The monoisotopic (exact) mass is 878 g/mol. The van der Waals surface area contributed by atoms with Gasteiger partial charge in [0.2, 0.25) is 0 Å². The zero-order valence-corrected chi connectivity index (χ0v) is 24.7. The number of halogens is 30. The van der Waals surface area contributed by atoms with Gasteiger partial charge in [0, 0.05) is 5.57 Å². The first-order valence-electron chi connectivity index (χ1n) is 12.4. The molecular formula is C22H12F30O2. The summed E-state index contributed by atoms with van der Waals surface area (Å²) in [5, 5.41) is 0. The van der Waals surface area contributed by atoms with Crippen LogP contribution in [0.1, 0.15) is 20.3 Å². The second-order valence-electron chi connectivity index (χ2n) is 10.6. The fourth-order valence-corrected chi connectivity index (χ4v) is 3.67. The third-order valence-electron chi connectivity index (χ3n) is 6.87. The Morgan fingerprint density at radius 2 is 0.630 bits per heavy atom. The molecule has 0 aromatic rings. The van der Waals surface area contributed by atoms with Crippen molar-refractivity contribution in [2.24, 2.45) is 5.92 Å². The molecular weight excluding hydrogens is 866 g/mol. The molecule has 2 atom stereocenters. The molecule has 32 heteroatoms. The first-order valence-corrected chi connectivity index (χ1v) is 12.4. The van der Waals surface area contributed by atoms with Crippen LogP contribution in [0, 0.1) is 5.92 Å². The fourth-order valence-electron chi connectivity index (χ4n) is 3.67. The zero-order valence-electron chi connectivity index (χ0n) is 24.7. The summed E-state index contributed by atoms with van der Waals surface area (Å²) in [7, 11) is 0. The molecule has 0 radical (unpaired) electrons. The lowest BCUT2D eigenvalue weighted by Gasteiger charge is -2.48. The summed E-state index contributed by atoms with van der Waals surface area (Å²) in [6.45, 7) is 2.33. The third-order valence-corrected chi connectivity index (χ3v) is 6.87. The van der Waals surface area contributed by atoms with Gasteiger partial charge in [0.1, 0.15) is 12.0 Å². The summed E-state index contributed by atoms with van der Waals surface area (Å²) < 4.78 is 415. The molecule has 0 aromatic carbocycles. The smallest absolute Gasteiger partial charge is 0.458 e. The van der Waals surface area contributed by atoms with Crippen LogP contribution in [0.4, 0.5) is 132 Å². The van der Waals surface area contributed by atoms with E-state index in [1.165, 1.54) is 0 Å². The highest BCUT2D eigenvalue weighted by molar-refractivity contribution is 5.87. The van der Waals surface area contributed by atoms with Gasteiger partial charge in [-0.05, 0) is 13.3 Å². The predicted octanol–water partition coefficient (Wildman–Crippen LogP) is 11.2. The van der Waals surface area contributed by atoms with E-state index in [1.54, 1.807) is 0 Å². The van der Waals surface area contributed by atoms with Crippen LogP contribution in [-0.2, 0) is 9.53 Å². The highest BCUT2D eigenvalue weighted by Crippen LogP contribution is 2.68. The van der Waals surface area contributed by atoms with Crippen molar-refractivity contribution in [1.82, 2.24) is 0 Å². The maximum absolute atomic E-state index is 15.1. The molecule has 0 N–H and O–H groups in total. The molecule has 0 aliphatic rings. The molecule has 0 bridgehead atoms. The van der Waals surface area contributed by atoms with Gasteiger partial charge in [-0.3, -0.25) is 0 Å². The van der Waals surface area contributed by atoms with Gasteiger partial charge in [-0.1, -0.05) is 13.5 Å². The number of rotatable bonds is 16. The lowest BCUT2D eigenvalue weighted by atomic mass is 9.76. The normalized spacial score (nSPS) is 17.3. The quantitative estimate of drug-likeness (QED) is 0.0877. The van der Waals surface area contributed by atoms with E-state index in [4.69, 9.17) is 0 Å². The number of alkyl halides is 30. The number of carbonyl (C=O) groups excluding carboxylic acids is 1. The van der Waals surface area contributed by atoms with Crippen molar-refractivity contribution in [3.8, 4) is 0 Å². The maximum atomic E-state index is 15.1. The van der Waals surface area contributed by atoms with E-state index in [2.05, 4.69) is 11.3 Å².